The minimum absolute atomic E-state index is 1.00. The molecule has 0 saturated heterocycles. The molecule has 1 unspecified atom stereocenters. The van der Waals surface area contributed by atoms with E-state index >= 15 is 0 Å². The van der Waals surface area contributed by atoms with Gasteiger partial charge in [-0.05, 0) is 0 Å². The summed E-state index contributed by atoms with van der Waals surface area (Å²) in [5.74, 6) is -11.3. The smallest absolute Gasteiger partial charge is 0.218 e. The molecule has 0 aliphatic heterocycles. The minimum Gasteiger partial charge on any atom is -0.218 e. The van der Waals surface area contributed by atoms with Crippen molar-refractivity contribution in [2.24, 2.45) is 0 Å². The molecule has 0 spiro atoms. The van der Waals surface area contributed by atoms with Crippen LogP contribution in [0, 0.1) is 23.3 Å². The molecule has 17 heteroatoms. The third kappa shape index (κ3) is 3.38. The molecule has 4 nitrogen and oxygen atoms in total. The van der Waals surface area contributed by atoms with Gasteiger partial charge in [0.15, 0.2) is 23.3 Å². The number of alkyl halides is 6. The van der Waals surface area contributed by atoms with Crippen molar-refractivity contribution in [3.63, 3.8) is 0 Å². The predicted octanol–water partition coefficient (Wildman–Crippen LogP) is 2.61. The Labute approximate surface area is 140 Å². The zero-order valence-corrected chi connectivity index (χ0v) is 14.2. The highest BCUT2D eigenvalue weighted by Gasteiger charge is 2.65. The normalized spacial score (nSPS) is 14.2. The fourth-order valence-electron chi connectivity index (χ4n) is 1.59. The van der Waals surface area contributed by atoms with Gasteiger partial charge in [-0.2, -0.15) is 26.3 Å². The summed E-state index contributed by atoms with van der Waals surface area (Å²) < 4.78 is 170. The van der Waals surface area contributed by atoms with Crippen LogP contribution in [0.25, 0.3) is 0 Å². The maximum atomic E-state index is 13.7. The van der Waals surface area contributed by atoms with Crippen LogP contribution in [-0.4, -0.2) is 27.9 Å². The van der Waals surface area contributed by atoms with Crippen LogP contribution in [-0.2, 0) is 19.7 Å². The van der Waals surface area contributed by atoms with Gasteiger partial charge in [0, 0.05) is 5.30 Å². The predicted molar refractivity (Wildman–Crippen MR) is 68.3 cm³/mol. The molecule has 1 atom stereocenters. The third-order valence-corrected chi connectivity index (χ3v) is 7.69. The molecule has 0 aromatic heterocycles. The molecule has 0 heterocycles. The molecule has 150 valence electrons. The number of hydrogen-bond acceptors (Lipinski definition) is 4. The van der Waals surface area contributed by atoms with E-state index in [9.17, 15) is 60.7 Å². The summed E-state index contributed by atoms with van der Waals surface area (Å²) in [6.07, 6.45) is 0. The van der Waals surface area contributed by atoms with E-state index in [-0.39, 0.29) is 0 Å². The Bertz CT molecular complexity index is 875. The highest BCUT2D eigenvalue weighted by atomic mass is 32.3. The summed E-state index contributed by atoms with van der Waals surface area (Å²) in [6, 6.07) is 0. The van der Waals surface area contributed by atoms with Gasteiger partial charge in [-0.1, -0.05) is 9.24 Å². The van der Waals surface area contributed by atoms with Crippen molar-refractivity contribution in [1.29, 1.82) is 0 Å². The van der Waals surface area contributed by atoms with E-state index in [1.807, 2.05) is 0 Å². The molecule has 26 heavy (non-hydrogen) atoms. The summed E-state index contributed by atoms with van der Waals surface area (Å²) in [4.78, 5) is 0. The Balaban J connectivity index is 4.19. The Morgan fingerprint density at radius 2 is 0.923 bits per heavy atom. The first kappa shape index (κ1) is 22.9. The lowest BCUT2D eigenvalue weighted by Crippen LogP contribution is -2.40. The van der Waals surface area contributed by atoms with Crippen LogP contribution in [0.15, 0.2) is 0 Å². The van der Waals surface area contributed by atoms with Crippen molar-refractivity contribution in [1.82, 2.24) is 0 Å². The molecule has 0 amide bonds. The van der Waals surface area contributed by atoms with Crippen LogP contribution < -0.4 is 5.30 Å². The SMILES string of the molecule is O=S(=O)(C(c1c(F)c(F)c(P)c(F)c1F)S(=O)(=O)C(F)(F)F)C(F)(F)F. The van der Waals surface area contributed by atoms with Crippen LogP contribution in [0.5, 0.6) is 0 Å². The second kappa shape index (κ2) is 6.48. The van der Waals surface area contributed by atoms with Gasteiger partial charge in [-0.15, -0.1) is 0 Å². The van der Waals surface area contributed by atoms with Crippen LogP contribution in [0.2, 0.25) is 0 Å². The maximum Gasteiger partial charge on any atom is 0.499 e. The van der Waals surface area contributed by atoms with Gasteiger partial charge in [0.1, 0.15) is 0 Å². The first-order chi connectivity index (χ1) is 11.3. The zero-order chi connectivity index (χ0) is 21.0. The summed E-state index contributed by atoms with van der Waals surface area (Å²) in [6.45, 7) is 0. The lowest BCUT2D eigenvalue weighted by atomic mass is 10.2. The van der Waals surface area contributed by atoms with Crippen molar-refractivity contribution in [3.8, 4) is 0 Å². The zero-order valence-electron chi connectivity index (χ0n) is 11.4. The average molecular weight is 460 g/mol. The van der Waals surface area contributed by atoms with Gasteiger partial charge in [0.05, 0.1) is 5.56 Å². The topological polar surface area (TPSA) is 68.3 Å². The standard InChI is InChI=1S/C9H3F10O4PS2/c10-2-1(3(11)5(13)6(24)4(2)12)7(25(20,21)8(14,15)16)26(22,23)9(17,18)19/h7H,24H2. The minimum atomic E-state index is -7.55. The maximum absolute atomic E-state index is 13.7. The van der Waals surface area contributed by atoms with Gasteiger partial charge in [-0.3, -0.25) is 0 Å². The van der Waals surface area contributed by atoms with E-state index in [0.29, 0.717) is 0 Å². The van der Waals surface area contributed by atoms with Gasteiger partial charge in [-0.25, -0.2) is 34.4 Å². The quantitative estimate of drug-likeness (QED) is 0.395. The molecular weight excluding hydrogens is 457 g/mol. The fourth-order valence-corrected chi connectivity index (χ4v) is 5.35. The number of halogens is 10. The van der Waals surface area contributed by atoms with E-state index in [1.165, 1.54) is 0 Å². The first-order valence-corrected chi connectivity index (χ1v) is 9.18. The lowest BCUT2D eigenvalue weighted by Gasteiger charge is -2.22. The average Bonchev–Trinajstić information content (AvgIpc) is 2.44. The van der Waals surface area contributed by atoms with Crippen LogP contribution in [0.3, 0.4) is 0 Å². The van der Waals surface area contributed by atoms with Crippen LogP contribution in [0.1, 0.15) is 10.1 Å². The molecule has 0 N–H and O–H groups in total. The Kier molecular flexibility index (Phi) is 5.70. The third-order valence-electron chi connectivity index (χ3n) is 2.78. The van der Waals surface area contributed by atoms with Crippen molar-refractivity contribution in [2.45, 2.75) is 15.6 Å². The molecule has 0 bridgehead atoms. The molecule has 1 aromatic carbocycles. The molecule has 1 aromatic rings. The molecule has 0 saturated carbocycles. The van der Waals surface area contributed by atoms with Crippen molar-refractivity contribution >= 4 is 34.2 Å². The molecule has 1 rings (SSSR count). The molecule has 0 aliphatic carbocycles. The van der Waals surface area contributed by atoms with Crippen molar-refractivity contribution in [3.05, 3.63) is 28.8 Å². The molecule has 0 aliphatic rings. The molecular formula is C9H3F10O4PS2. The van der Waals surface area contributed by atoms with Crippen LogP contribution >= 0.6 is 9.24 Å². The second-order valence-corrected chi connectivity index (χ2v) is 9.32. The van der Waals surface area contributed by atoms with Gasteiger partial charge in [0.2, 0.25) is 4.58 Å². The summed E-state index contributed by atoms with van der Waals surface area (Å²) >= 11 is 0. The summed E-state index contributed by atoms with van der Waals surface area (Å²) in [7, 11) is -14.1. The van der Waals surface area contributed by atoms with Crippen molar-refractivity contribution < 1.29 is 60.7 Å². The van der Waals surface area contributed by atoms with E-state index in [0.717, 1.165) is 9.24 Å². The molecule has 0 radical (unpaired) electrons. The summed E-state index contributed by atoms with van der Waals surface area (Å²) in [5, 5.41) is -1.66. The van der Waals surface area contributed by atoms with Crippen LogP contribution in [0.4, 0.5) is 43.9 Å². The van der Waals surface area contributed by atoms with E-state index < -0.39 is 69.4 Å². The van der Waals surface area contributed by atoms with E-state index in [4.69, 9.17) is 0 Å². The highest BCUT2D eigenvalue weighted by molar-refractivity contribution is 8.09. The number of hydrogen-bond donors (Lipinski definition) is 0. The van der Waals surface area contributed by atoms with Gasteiger partial charge in [0.25, 0.3) is 19.7 Å². The lowest BCUT2D eigenvalue weighted by molar-refractivity contribution is -0.0473. The summed E-state index contributed by atoms with van der Waals surface area (Å²) in [5.41, 5.74) is -16.7. The monoisotopic (exact) mass is 460 g/mol. The Morgan fingerprint density at radius 1 is 0.654 bits per heavy atom. The Morgan fingerprint density at radius 3 is 1.15 bits per heavy atom. The highest BCUT2D eigenvalue weighted by Crippen LogP contribution is 2.46. The number of sulfone groups is 2. The fraction of sp³-hybridized carbons (Fsp3) is 0.333. The van der Waals surface area contributed by atoms with E-state index in [1.54, 1.807) is 0 Å². The molecule has 0 fully saturated rings. The number of benzene rings is 1. The Hall–Kier alpha value is -1.15. The van der Waals surface area contributed by atoms with E-state index in [2.05, 4.69) is 0 Å². The second-order valence-electron chi connectivity index (χ2n) is 4.40. The largest absolute Gasteiger partial charge is 0.499 e. The van der Waals surface area contributed by atoms with Gasteiger partial charge < -0.3 is 0 Å². The number of rotatable bonds is 3. The van der Waals surface area contributed by atoms with Crippen molar-refractivity contribution in [2.75, 3.05) is 0 Å². The van der Waals surface area contributed by atoms with Gasteiger partial charge >= 0.3 is 11.0 Å². The first-order valence-electron chi connectivity index (χ1n) is 5.51.